The highest BCUT2D eigenvalue weighted by molar-refractivity contribution is 7.98. The maximum absolute atomic E-state index is 5.31. The Labute approximate surface area is 152 Å². The van der Waals surface area contributed by atoms with Gasteiger partial charge in [0.05, 0.1) is 16.3 Å². The summed E-state index contributed by atoms with van der Waals surface area (Å²) in [4.78, 5) is 5.40. The first-order valence-corrected chi connectivity index (χ1v) is 9.42. The second-order valence-electron chi connectivity index (χ2n) is 5.42. The van der Waals surface area contributed by atoms with Crippen LogP contribution >= 0.6 is 23.1 Å². The summed E-state index contributed by atoms with van der Waals surface area (Å²) in [5.74, 6) is 1.66. The molecule has 9 heteroatoms. The Kier molecular flexibility index (Phi) is 4.33. The zero-order valence-corrected chi connectivity index (χ0v) is 15.2. The van der Waals surface area contributed by atoms with Crippen molar-refractivity contribution in [3.63, 3.8) is 0 Å². The number of aromatic nitrogens is 6. The van der Waals surface area contributed by atoms with Crippen LogP contribution in [0, 0.1) is 13.8 Å². The number of thiophene rings is 1. The van der Waals surface area contributed by atoms with Crippen LogP contribution < -0.4 is 0 Å². The first-order chi connectivity index (χ1) is 12.2. The van der Waals surface area contributed by atoms with Crippen molar-refractivity contribution in [2.75, 3.05) is 0 Å². The Morgan fingerprint density at radius 2 is 2.12 bits per heavy atom. The lowest BCUT2D eigenvalue weighted by molar-refractivity contribution is 0.391. The molecule has 1 aromatic carbocycles. The van der Waals surface area contributed by atoms with E-state index in [9.17, 15) is 0 Å². The van der Waals surface area contributed by atoms with Gasteiger partial charge in [0.25, 0.3) is 0 Å². The molecule has 7 nitrogen and oxygen atoms in total. The van der Waals surface area contributed by atoms with Crippen LogP contribution in [-0.2, 0) is 5.75 Å². The molecule has 3 heterocycles. The fraction of sp³-hybridized carbons (Fsp3) is 0.188. The second-order valence-corrected chi connectivity index (χ2v) is 7.31. The third kappa shape index (κ3) is 3.33. The van der Waals surface area contributed by atoms with Gasteiger partial charge in [-0.1, -0.05) is 29.1 Å². The molecule has 25 heavy (non-hydrogen) atoms. The zero-order chi connectivity index (χ0) is 17.2. The molecule has 0 radical (unpaired) electrons. The fourth-order valence-electron chi connectivity index (χ4n) is 2.23. The lowest BCUT2D eigenvalue weighted by Gasteiger charge is -2.06. The zero-order valence-electron chi connectivity index (χ0n) is 13.6. The largest absolute Gasteiger partial charge is 0.338 e. The summed E-state index contributed by atoms with van der Waals surface area (Å²) in [6.07, 6.45) is 0. The van der Waals surface area contributed by atoms with E-state index in [0.29, 0.717) is 22.6 Å². The summed E-state index contributed by atoms with van der Waals surface area (Å²) in [6.45, 7) is 4.15. The van der Waals surface area contributed by atoms with Gasteiger partial charge in [0.15, 0.2) is 0 Å². The van der Waals surface area contributed by atoms with Gasteiger partial charge in [-0.2, -0.15) is 9.67 Å². The summed E-state index contributed by atoms with van der Waals surface area (Å²) in [5.41, 5.74) is 3.36. The number of thioether (sulfide) groups is 1. The van der Waals surface area contributed by atoms with Gasteiger partial charge in [0.1, 0.15) is 0 Å². The van der Waals surface area contributed by atoms with E-state index < -0.39 is 0 Å². The van der Waals surface area contributed by atoms with E-state index in [1.54, 1.807) is 16.0 Å². The average Bonchev–Trinajstić information content (AvgIpc) is 3.36. The van der Waals surface area contributed by atoms with E-state index in [2.05, 4.69) is 51.6 Å². The minimum atomic E-state index is 0.504. The SMILES string of the molecule is Cc1ccc(-n2nnnc2SCc2nc(-c3cccs3)no2)cc1C. The molecule has 3 aromatic heterocycles. The maximum Gasteiger partial charge on any atom is 0.237 e. The molecule has 0 atom stereocenters. The Hall–Kier alpha value is -2.52. The highest BCUT2D eigenvalue weighted by Gasteiger charge is 2.14. The molecular formula is C16H14N6OS2. The first kappa shape index (κ1) is 16.0. The van der Waals surface area contributed by atoms with Gasteiger partial charge in [0.2, 0.25) is 16.9 Å². The Morgan fingerprint density at radius 3 is 2.92 bits per heavy atom. The van der Waals surface area contributed by atoms with Crippen molar-refractivity contribution in [1.82, 2.24) is 30.3 Å². The van der Waals surface area contributed by atoms with Crippen molar-refractivity contribution >= 4 is 23.1 Å². The second kappa shape index (κ2) is 6.77. The predicted octanol–water partition coefficient (Wildman–Crippen LogP) is 3.68. The lowest BCUT2D eigenvalue weighted by atomic mass is 10.1. The molecule has 0 spiro atoms. The van der Waals surface area contributed by atoms with E-state index in [4.69, 9.17) is 4.52 Å². The van der Waals surface area contributed by atoms with Crippen molar-refractivity contribution in [3.8, 4) is 16.4 Å². The van der Waals surface area contributed by atoms with Crippen molar-refractivity contribution in [1.29, 1.82) is 0 Å². The van der Waals surface area contributed by atoms with Gasteiger partial charge >= 0.3 is 0 Å². The van der Waals surface area contributed by atoms with E-state index in [1.165, 1.54) is 22.9 Å². The summed E-state index contributed by atoms with van der Waals surface area (Å²) in [7, 11) is 0. The summed E-state index contributed by atoms with van der Waals surface area (Å²) in [6, 6.07) is 10.1. The predicted molar refractivity (Wildman–Crippen MR) is 95.8 cm³/mol. The number of hydrogen-bond acceptors (Lipinski definition) is 8. The highest BCUT2D eigenvalue weighted by atomic mass is 32.2. The molecule has 4 aromatic rings. The van der Waals surface area contributed by atoms with Crippen molar-refractivity contribution < 1.29 is 4.52 Å². The Balaban J connectivity index is 1.51. The standard InChI is InChI=1S/C16H14N6OS2/c1-10-5-6-12(8-11(10)2)22-16(18-20-21-22)25-9-14-17-15(19-23-14)13-4-3-7-24-13/h3-8H,9H2,1-2H3. The van der Waals surface area contributed by atoms with Crippen LogP contribution in [0.3, 0.4) is 0 Å². The topological polar surface area (TPSA) is 82.5 Å². The summed E-state index contributed by atoms with van der Waals surface area (Å²) < 4.78 is 7.03. The van der Waals surface area contributed by atoms with Crippen molar-refractivity contribution in [2.24, 2.45) is 0 Å². The molecule has 0 unspecified atom stereocenters. The molecule has 126 valence electrons. The van der Waals surface area contributed by atoms with Gasteiger partial charge < -0.3 is 4.52 Å². The molecule has 0 aliphatic heterocycles. The molecule has 0 saturated carbocycles. The molecule has 0 bridgehead atoms. The monoisotopic (exact) mass is 370 g/mol. The van der Waals surface area contributed by atoms with Gasteiger partial charge in [-0.25, -0.2) is 0 Å². The number of rotatable bonds is 5. The van der Waals surface area contributed by atoms with Gasteiger partial charge in [-0.05, 0) is 59.0 Å². The number of hydrogen-bond donors (Lipinski definition) is 0. The molecule has 0 aliphatic rings. The van der Waals surface area contributed by atoms with Crippen LogP contribution in [0.15, 0.2) is 45.4 Å². The summed E-state index contributed by atoms with van der Waals surface area (Å²) in [5, 5.41) is 18.6. The van der Waals surface area contributed by atoms with Crippen LogP contribution in [-0.4, -0.2) is 30.3 Å². The van der Waals surface area contributed by atoms with Gasteiger partial charge in [-0.15, -0.1) is 16.4 Å². The average molecular weight is 370 g/mol. The summed E-state index contributed by atoms with van der Waals surface area (Å²) >= 11 is 3.04. The first-order valence-electron chi connectivity index (χ1n) is 7.56. The van der Waals surface area contributed by atoms with Crippen LogP contribution in [0.5, 0.6) is 0 Å². The minimum absolute atomic E-state index is 0.504. The normalized spacial score (nSPS) is 11.1. The molecule has 0 N–H and O–H groups in total. The van der Waals surface area contributed by atoms with E-state index >= 15 is 0 Å². The van der Waals surface area contributed by atoms with Crippen LogP contribution in [0.1, 0.15) is 17.0 Å². The minimum Gasteiger partial charge on any atom is -0.338 e. The number of benzene rings is 1. The Bertz CT molecular complexity index is 992. The third-order valence-electron chi connectivity index (χ3n) is 3.71. The number of nitrogens with zero attached hydrogens (tertiary/aromatic N) is 6. The number of tetrazole rings is 1. The van der Waals surface area contributed by atoms with Crippen LogP contribution in [0.2, 0.25) is 0 Å². The fourth-order valence-corrected chi connectivity index (χ4v) is 3.61. The molecule has 4 rings (SSSR count). The highest BCUT2D eigenvalue weighted by Crippen LogP contribution is 2.25. The van der Waals surface area contributed by atoms with Crippen LogP contribution in [0.25, 0.3) is 16.4 Å². The molecule has 0 saturated heterocycles. The van der Waals surface area contributed by atoms with Crippen molar-refractivity contribution in [2.45, 2.75) is 24.8 Å². The lowest BCUT2D eigenvalue weighted by Crippen LogP contribution is -2.00. The Morgan fingerprint density at radius 1 is 1.20 bits per heavy atom. The van der Waals surface area contributed by atoms with E-state index in [1.807, 2.05) is 23.6 Å². The van der Waals surface area contributed by atoms with Gasteiger partial charge in [-0.3, -0.25) is 0 Å². The quantitative estimate of drug-likeness (QED) is 0.496. The molecule has 0 amide bonds. The molecule has 0 fully saturated rings. The van der Waals surface area contributed by atoms with Crippen LogP contribution in [0.4, 0.5) is 0 Å². The third-order valence-corrected chi connectivity index (χ3v) is 5.48. The smallest absolute Gasteiger partial charge is 0.237 e. The maximum atomic E-state index is 5.31. The van der Waals surface area contributed by atoms with E-state index in [-0.39, 0.29) is 0 Å². The van der Waals surface area contributed by atoms with Gasteiger partial charge in [0, 0.05) is 0 Å². The van der Waals surface area contributed by atoms with E-state index in [0.717, 1.165) is 10.6 Å². The number of aryl methyl sites for hydroxylation is 2. The van der Waals surface area contributed by atoms with Crippen molar-refractivity contribution in [3.05, 3.63) is 52.7 Å². The molecule has 0 aliphatic carbocycles. The molecular weight excluding hydrogens is 356 g/mol.